The fourth-order valence-corrected chi connectivity index (χ4v) is 7.78. The van der Waals surface area contributed by atoms with Crippen LogP contribution in [-0.4, -0.2) is 22.6 Å². The summed E-state index contributed by atoms with van der Waals surface area (Å²) < 4.78 is 30.7. The van der Waals surface area contributed by atoms with Gasteiger partial charge in [-0.15, -0.1) is 0 Å². The van der Waals surface area contributed by atoms with Gasteiger partial charge in [-0.25, -0.2) is 18.8 Å². The van der Waals surface area contributed by atoms with Gasteiger partial charge in [0.2, 0.25) is 0 Å². The van der Waals surface area contributed by atoms with E-state index in [0.29, 0.717) is 5.56 Å². The molecule has 4 nitrogen and oxygen atoms in total. The minimum absolute atomic E-state index is 0.121. The Hall–Kier alpha value is -6.79. The molecule has 0 amide bonds. The minimum Gasteiger partial charge on any atom is -0.300 e. The largest absolute Gasteiger partial charge is 0.300 e. The summed E-state index contributed by atoms with van der Waals surface area (Å²) >= 11 is 0. The lowest BCUT2D eigenvalue weighted by Gasteiger charge is -2.34. The van der Waals surface area contributed by atoms with E-state index in [0.717, 1.165) is 27.4 Å². The molecule has 0 radical (unpaired) electrons. The fourth-order valence-electron chi connectivity index (χ4n) is 7.78. The predicted octanol–water partition coefficient (Wildman–Crippen LogP) is 10.8. The summed E-state index contributed by atoms with van der Waals surface area (Å²) in [4.78, 5) is 9.32. The number of rotatable bonds is 5. The number of hydrogen-bond acceptors (Lipinski definition) is 1. The van der Waals surface area contributed by atoms with Crippen molar-refractivity contribution in [1.82, 2.24) is 4.57 Å². The van der Waals surface area contributed by atoms with Crippen LogP contribution in [0.5, 0.6) is 0 Å². The summed E-state index contributed by atoms with van der Waals surface area (Å²) in [5.41, 5.74) is 9.07. The first-order chi connectivity index (χ1) is 25.5. The zero-order valence-corrected chi connectivity index (χ0v) is 27.8. The number of nitrogens with zero attached hydrogens (tertiary/aromatic N) is 3. The predicted molar refractivity (Wildman–Crippen MR) is 207 cm³/mol. The van der Waals surface area contributed by atoms with E-state index in [2.05, 4.69) is 102 Å². The Bertz CT molecular complexity index is 2700. The second kappa shape index (κ2) is 12.5. The molecule has 1 aliphatic carbocycles. The highest BCUT2D eigenvalue weighted by Gasteiger charge is 2.46. The molecule has 1 N–H and O–H groups in total. The van der Waals surface area contributed by atoms with Gasteiger partial charge in [0.1, 0.15) is 18.0 Å². The molecule has 1 heterocycles. The van der Waals surface area contributed by atoms with Gasteiger partial charge in [-0.2, -0.15) is 0 Å². The Balaban J connectivity index is 1.28. The molecule has 0 saturated carbocycles. The van der Waals surface area contributed by atoms with Crippen LogP contribution in [0.2, 0.25) is 0 Å². The molecule has 0 spiro atoms. The van der Waals surface area contributed by atoms with Crippen LogP contribution < -0.4 is 0 Å². The number of benzene rings is 7. The third kappa shape index (κ3) is 4.99. The summed E-state index contributed by atoms with van der Waals surface area (Å²) in [7, 11) is 0. The molecule has 0 aliphatic heterocycles. The first-order valence-corrected chi connectivity index (χ1v) is 17.0. The van der Waals surface area contributed by atoms with Crippen LogP contribution in [0.15, 0.2) is 180 Å². The van der Waals surface area contributed by atoms with Gasteiger partial charge < -0.3 is 0 Å². The number of aliphatic imine (C=N–C) groups is 2. The van der Waals surface area contributed by atoms with E-state index in [1.165, 1.54) is 58.1 Å². The van der Waals surface area contributed by atoms with Gasteiger partial charge in [0.15, 0.2) is 11.7 Å². The van der Waals surface area contributed by atoms with Gasteiger partial charge in [0, 0.05) is 21.9 Å². The highest BCUT2D eigenvalue weighted by atomic mass is 19.1. The van der Waals surface area contributed by atoms with E-state index < -0.39 is 17.0 Å². The lowest BCUT2D eigenvalue weighted by atomic mass is 9.67. The summed E-state index contributed by atoms with van der Waals surface area (Å²) in [6, 6.07) is 54.4. The number of aromatic nitrogens is 1. The Morgan fingerprint density at radius 2 is 1.13 bits per heavy atom. The average molecular weight is 677 g/mol. The number of amidine groups is 2. The van der Waals surface area contributed by atoms with Crippen LogP contribution >= 0.6 is 0 Å². The normalized spacial score (nSPS) is 13.5. The number of para-hydroxylation sites is 1. The first-order valence-electron chi connectivity index (χ1n) is 17.0. The van der Waals surface area contributed by atoms with Crippen molar-refractivity contribution in [3.8, 4) is 11.1 Å². The molecule has 0 fully saturated rings. The highest BCUT2D eigenvalue weighted by Crippen LogP contribution is 2.56. The Labute approximate surface area is 299 Å². The molecule has 0 saturated heterocycles. The van der Waals surface area contributed by atoms with Crippen molar-refractivity contribution in [3.05, 3.63) is 215 Å². The maximum atomic E-state index is 14.5. The van der Waals surface area contributed by atoms with E-state index in [1.54, 1.807) is 24.5 Å². The molecule has 1 aromatic heterocycles. The highest BCUT2D eigenvalue weighted by molar-refractivity contribution is 6.15. The van der Waals surface area contributed by atoms with Gasteiger partial charge in [0.05, 0.1) is 16.4 Å². The van der Waals surface area contributed by atoms with Crippen molar-refractivity contribution in [3.63, 3.8) is 0 Å². The van der Waals surface area contributed by atoms with E-state index in [4.69, 9.17) is 10.4 Å². The summed E-state index contributed by atoms with van der Waals surface area (Å²) in [5.74, 6) is -1.00. The second-order valence-electron chi connectivity index (χ2n) is 12.9. The molecule has 7 aromatic carbocycles. The van der Waals surface area contributed by atoms with Gasteiger partial charge in [-0.1, -0.05) is 133 Å². The molecule has 8 aromatic rings. The van der Waals surface area contributed by atoms with Crippen molar-refractivity contribution < 1.29 is 8.78 Å². The van der Waals surface area contributed by atoms with Crippen molar-refractivity contribution >= 4 is 39.8 Å². The van der Waals surface area contributed by atoms with Gasteiger partial charge in [-0.05, 0) is 69.8 Å². The molecule has 0 atom stereocenters. The topological polar surface area (TPSA) is 53.5 Å². The SMILES string of the molecule is N=C(/N=C(\N=C\n1c2ccccc2c2ccc(C3(c4ccccc4)c4ccccc4-c4ccccc43)cc21)c1cccc(F)c1)c1cccc(F)c1. The van der Waals surface area contributed by atoms with Gasteiger partial charge in [-0.3, -0.25) is 9.98 Å². The van der Waals surface area contributed by atoms with Crippen LogP contribution in [-0.2, 0) is 5.41 Å². The Morgan fingerprint density at radius 1 is 0.538 bits per heavy atom. The van der Waals surface area contributed by atoms with E-state index in [1.807, 2.05) is 28.8 Å². The summed E-state index contributed by atoms with van der Waals surface area (Å²) in [6.07, 6.45) is 1.68. The third-order valence-corrected chi connectivity index (χ3v) is 10.00. The number of fused-ring (bicyclic) bond motifs is 6. The quantitative estimate of drug-likeness (QED) is 0.139. The monoisotopic (exact) mass is 676 g/mol. The standard InChI is InChI=1S/C46H30F2N4/c47-34-16-10-12-30(26-34)44(49)51-45(31-13-11-17-35(48)27-31)50-29-52-42-23-9-6-20-38(42)39-25-24-33(28-43(39)52)46(32-14-2-1-3-15-32)40-21-7-4-18-36(40)37-19-5-8-22-41(37)46/h1-29,49H/b49-44?,50-29+,51-45-. The summed E-state index contributed by atoms with van der Waals surface area (Å²) in [5, 5.41) is 10.8. The zero-order valence-electron chi connectivity index (χ0n) is 27.8. The van der Waals surface area contributed by atoms with E-state index >= 15 is 0 Å². The maximum absolute atomic E-state index is 14.5. The molecule has 1 aliphatic rings. The Morgan fingerprint density at radius 3 is 1.85 bits per heavy atom. The van der Waals surface area contributed by atoms with E-state index in [-0.39, 0.29) is 17.2 Å². The zero-order chi connectivity index (χ0) is 35.2. The Kier molecular flexibility index (Phi) is 7.51. The minimum atomic E-state index is -0.588. The molecule has 248 valence electrons. The number of nitrogens with one attached hydrogen (secondary N) is 1. The van der Waals surface area contributed by atoms with Crippen molar-refractivity contribution in [2.75, 3.05) is 0 Å². The molecule has 52 heavy (non-hydrogen) atoms. The molecule has 9 rings (SSSR count). The van der Waals surface area contributed by atoms with Crippen LogP contribution in [0.25, 0.3) is 32.9 Å². The number of halogens is 2. The molecule has 6 heteroatoms. The first kappa shape index (κ1) is 31.2. The van der Waals surface area contributed by atoms with Crippen LogP contribution in [0, 0.1) is 17.0 Å². The van der Waals surface area contributed by atoms with Gasteiger partial charge in [0.25, 0.3) is 0 Å². The summed E-state index contributed by atoms with van der Waals surface area (Å²) in [6.45, 7) is 0. The lowest BCUT2D eigenvalue weighted by Crippen LogP contribution is -2.28. The van der Waals surface area contributed by atoms with Crippen molar-refractivity contribution in [2.24, 2.45) is 9.98 Å². The van der Waals surface area contributed by atoms with E-state index in [9.17, 15) is 8.78 Å². The smallest absolute Gasteiger partial charge is 0.163 e. The maximum Gasteiger partial charge on any atom is 0.163 e. The molecule has 0 unspecified atom stereocenters. The van der Waals surface area contributed by atoms with Crippen LogP contribution in [0.4, 0.5) is 8.78 Å². The molecular weight excluding hydrogens is 647 g/mol. The fraction of sp³-hybridized carbons (Fsp3) is 0.0217. The second-order valence-corrected chi connectivity index (χ2v) is 12.9. The van der Waals surface area contributed by atoms with Crippen LogP contribution in [0.1, 0.15) is 33.4 Å². The average Bonchev–Trinajstić information content (AvgIpc) is 3.67. The lowest BCUT2D eigenvalue weighted by molar-refractivity contribution is 0.627. The van der Waals surface area contributed by atoms with Crippen molar-refractivity contribution in [1.29, 1.82) is 5.41 Å². The van der Waals surface area contributed by atoms with Gasteiger partial charge >= 0.3 is 0 Å². The molecular formula is C46H30F2N4. The number of hydrogen-bond donors (Lipinski definition) is 1. The third-order valence-electron chi connectivity index (χ3n) is 10.00. The van der Waals surface area contributed by atoms with Crippen molar-refractivity contribution in [2.45, 2.75) is 5.41 Å². The van der Waals surface area contributed by atoms with Crippen LogP contribution in [0.3, 0.4) is 0 Å². The molecule has 0 bridgehead atoms.